The van der Waals surface area contributed by atoms with E-state index in [9.17, 15) is 4.11 Å². The van der Waals surface area contributed by atoms with Crippen molar-refractivity contribution in [1.82, 2.24) is 0 Å². The molecule has 0 rings (SSSR count). The Morgan fingerprint density at radius 1 is 1.00 bits per heavy atom. The highest BCUT2D eigenvalue weighted by molar-refractivity contribution is 6.77. The van der Waals surface area contributed by atoms with Gasteiger partial charge in [-0.2, -0.15) is 0 Å². The monoisotopic (exact) mass is 198 g/mol. The predicted molar refractivity (Wildman–Crippen MR) is 45.3 cm³/mol. The summed E-state index contributed by atoms with van der Waals surface area (Å²) in [5.41, 5.74) is 0. The molecule has 0 radical (unpaired) electrons. The van der Waals surface area contributed by atoms with Crippen LogP contribution in [0.15, 0.2) is 0 Å². The van der Waals surface area contributed by atoms with Gasteiger partial charge in [-0.05, 0) is 19.6 Å². The molecule has 0 amide bonds. The number of halogens is 1. The van der Waals surface area contributed by atoms with Gasteiger partial charge in [0, 0.05) is 14.2 Å². The number of hydrogen-bond donors (Lipinski definition) is 0. The molecule has 0 aromatic heterocycles. The van der Waals surface area contributed by atoms with Crippen molar-refractivity contribution in [3.63, 3.8) is 0 Å². The molecule has 11 heavy (non-hydrogen) atoms. The van der Waals surface area contributed by atoms with E-state index >= 15 is 0 Å². The predicted octanol–water partition coefficient (Wildman–Crippen LogP) is 1.54. The van der Waals surface area contributed by atoms with Crippen molar-refractivity contribution in [1.29, 1.82) is 0 Å². The largest absolute Gasteiger partial charge is 0.709 e. The molecule has 0 fully saturated rings. The standard InChI is InChI=1S/C5H15FO3Si2/c1-7-11(6,8-2)9-10(3,4)5/h1-5H3. The highest BCUT2D eigenvalue weighted by Crippen LogP contribution is 2.16. The third-order valence-corrected chi connectivity index (χ3v) is 5.32. The zero-order chi connectivity index (χ0) is 9.12. The summed E-state index contributed by atoms with van der Waals surface area (Å²) in [4.78, 5) is 0. The Morgan fingerprint density at radius 2 is 1.36 bits per heavy atom. The van der Waals surface area contributed by atoms with Crippen LogP contribution in [-0.4, -0.2) is 31.7 Å². The van der Waals surface area contributed by atoms with E-state index in [2.05, 4.69) is 8.85 Å². The van der Waals surface area contributed by atoms with Gasteiger partial charge in [-0.15, -0.1) is 0 Å². The summed E-state index contributed by atoms with van der Waals surface area (Å²) in [6.45, 7) is 5.64. The first-order valence-corrected chi connectivity index (χ1v) is 8.33. The first-order chi connectivity index (χ1) is 4.83. The van der Waals surface area contributed by atoms with E-state index in [1.807, 2.05) is 19.6 Å². The minimum atomic E-state index is -3.77. The molecule has 0 aromatic rings. The molecule has 0 spiro atoms. The van der Waals surface area contributed by atoms with Crippen LogP contribution in [0.1, 0.15) is 0 Å². The smallest absolute Gasteiger partial charge is 0.391 e. The molecule has 0 saturated heterocycles. The maximum absolute atomic E-state index is 13.3. The summed E-state index contributed by atoms with van der Waals surface area (Å²) in [6, 6.07) is 0. The average Bonchev–Trinajstić information content (AvgIpc) is 1.84. The Balaban J connectivity index is 4.08. The maximum Gasteiger partial charge on any atom is 0.709 e. The van der Waals surface area contributed by atoms with Crippen LogP contribution in [0.25, 0.3) is 0 Å². The van der Waals surface area contributed by atoms with Gasteiger partial charge in [-0.3, -0.25) is 0 Å². The minimum Gasteiger partial charge on any atom is -0.391 e. The van der Waals surface area contributed by atoms with Crippen LogP contribution in [0.3, 0.4) is 0 Å². The molecule has 6 heteroatoms. The fourth-order valence-corrected chi connectivity index (χ4v) is 4.29. The van der Waals surface area contributed by atoms with Gasteiger partial charge in [0.15, 0.2) is 8.32 Å². The maximum atomic E-state index is 13.3. The minimum absolute atomic E-state index is 1.26. The van der Waals surface area contributed by atoms with Crippen molar-refractivity contribution >= 4 is 17.5 Å². The lowest BCUT2D eigenvalue weighted by Crippen LogP contribution is -2.47. The van der Waals surface area contributed by atoms with Gasteiger partial charge in [-0.1, -0.05) is 0 Å². The Morgan fingerprint density at radius 3 is 1.45 bits per heavy atom. The molecule has 0 N–H and O–H groups in total. The molecule has 0 atom stereocenters. The zero-order valence-electron chi connectivity index (χ0n) is 7.60. The third-order valence-electron chi connectivity index (χ3n) is 0.916. The van der Waals surface area contributed by atoms with Gasteiger partial charge in [0.25, 0.3) is 0 Å². The van der Waals surface area contributed by atoms with Crippen LogP contribution in [0.4, 0.5) is 4.11 Å². The molecule has 0 aliphatic carbocycles. The fourth-order valence-electron chi connectivity index (χ4n) is 0.532. The van der Waals surface area contributed by atoms with Crippen molar-refractivity contribution in [3.05, 3.63) is 0 Å². The highest BCUT2D eigenvalue weighted by Gasteiger charge is 2.45. The van der Waals surface area contributed by atoms with E-state index < -0.39 is 17.5 Å². The van der Waals surface area contributed by atoms with E-state index in [-0.39, 0.29) is 0 Å². The van der Waals surface area contributed by atoms with Crippen molar-refractivity contribution in [2.45, 2.75) is 19.6 Å². The molecule has 68 valence electrons. The van der Waals surface area contributed by atoms with Crippen molar-refractivity contribution in [2.24, 2.45) is 0 Å². The molecular formula is C5H15FO3Si2. The van der Waals surface area contributed by atoms with Gasteiger partial charge in [0.05, 0.1) is 0 Å². The van der Waals surface area contributed by atoms with Crippen molar-refractivity contribution in [2.75, 3.05) is 14.2 Å². The summed E-state index contributed by atoms with van der Waals surface area (Å²) >= 11 is 0. The SMILES string of the molecule is CO[Si](F)(OC)O[Si](C)(C)C. The summed E-state index contributed by atoms with van der Waals surface area (Å²) in [7, 11) is -3.15. The van der Waals surface area contributed by atoms with Crippen LogP contribution in [0, 0.1) is 0 Å². The third kappa shape index (κ3) is 4.64. The summed E-state index contributed by atoms with van der Waals surface area (Å²) in [5, 5.41) is 0. The molecule has 3 nitrogen and oxygen atoms in total. The van der Waals surface area contributed by atoms with E-state index in [1.165, 1.54) is 14.2 Å². The topological polar surface area (TPSA) is 27.7 Å². The molecule has 0 saturated carbocycles. The summed E-state index contributed by atoms with van der Waals surface area (Å²) in [5.74, 6) is 0. The van der Waals surface area contributed by atoms with E-state index in [4.69, 9.17) is 4.12 Å². The second-order valence-corrected chi connectivity index (χ2v) is 9.92. The fraction of sp³-hybridized carbons (Fsp3) is 1.00. The van der Waals surface area contributed by atoms with E-state index in [0.717, 1.165) is 0 Å². The summed E-state index contributed by atoms with van der Waals surface area (Å²) < 4.78 is 27.4. The average molecular weight is 198 g/mol. The van der Waals surface area contributed by atoms with Gasteiger partial charge in [-0.25, -0.2) is 4.11 Å². The molecule has 0 aliphatic rings. The van der Waals surface area contributed by atoms with Crippen molar-refractivity contribution in [3.8, 4) is 0 Å². The molecule has 0 aromatic carbocycles. The van der Waals surface area contributed by atoms with Gasteiger partial charge in [0.2, 0.25) is 0 Å². The van der Waals surface area contributed by atoms with Crippen LogP contribution in [0.2, 0.25) is 19.6 Å². The van der Waals surface area contributed by atoms with Crippen LogP contribution in [-0.2, 0) is 13.0 Å². The quantitative estimate of drug-likeness (QED) is 0.506. The van der Waals surface area contributed by atoms with Crippen molar-refractivity contribution < 1.29 is 17.1 Å². The summed E-state index contributed by atoms with van der Waals surface area (Å²) in [6.07, 6.45) is 0. The van der Waals surface area contributed by atoms with Gasteiger partial charge < -0.3 is 13.0 Å². The first-order valence-electron chi connectivity index (χ1n) is 3.32. The molecular weight excluding hydrogens is 183 g/mol. The van der Waals surface area contributed by atoms with Gasteiger partial charge in [0.1, 0.15) is 0 Å². The van der Waals surface area contributed by atoms with Gasteiger partial charge >= 0.3 is 9.14 Å². The second-order valence-electron chi connectivity index (χ2n) is 3.10. The lowest BCUT2D eigenvalue weighted by molar-refractivity contribution is 0.108. The molecule has 0 bridgehead atoms. The molecule has 0 heterocycles. The Labute approximate surface area is 69.1 Å². The normalized spacial score (nSPS) is 13.6. The van der Waals surface area contributed by atoms with E-state index in [0.29, 0.717) is 0 Å². The van der Waals surface area contributed by atoms with Crippen LogP contribution < -0.4 is 0 Å². The Kier molecular flexibility index (Phi) is 3.85. The van der Waals surface area contributed by atoms with Crippen LogP contribution in [0.5, 0.6) is 0 Å². The zero-order valence-corrected chi connectivity index (χ0v) is 9.60. The first kappa shape index (κ1) is 11.2. The molecule has 0 aliphatic heterocycles. The Bertz CT molecular complexity index is 121. The number of rotatable bonds is 4. The Hall–Kier alpha value is 0.244. The lowest BCUT2D eigenvalue weighted by Gasteiger charge is -2.25. The molecule has 0 unspecified atom stereocenters. The van der Waals surface area contributed by atoms with Crippen LogP contribution >= 0.6 is 0 Å². The number of hydrogen-bond acceptors (Lipinski definition) is 3. The second kappa shape index (κ2) is 3.77. The highest BCUT2D eigenvalue weighted by atomic mass is 28.5. The lowest BCUT2D eigenvalue weighted by atomic mass is 11.8. The van der Waals surface area contributed by atoms with E-state index in [1.54, 1.807) is 0 Å².